The summed E-state index contributed by atoms with van der Waals surface area (Å²) in [6, 6.07) is 0. The van der Waals surface area contributed by atoms with E-state index in [4.69, 9.17) is 14.2 Å². The maximum absolute atomic E-state index is 13.8. The van der Waals surface area contributed by atoms with E-state index in [0.717, 1.165) is 44.1 Å². The maximum Gasteiger partial charge on any atom is 0.331 e. The minimum absolute atomic E-state index is 0.0175. The molecular weight excluding hydrogens is 480 g/mol. The highest BCUT2D eigenvalue weighted by Crippen LogP contribution is 2.68. The molecule has 4 aliphatic carbocycles. The molecule has 4 saturated carbocycles. The molecule has 6 aliphatic rings. The van der Waals surface area contributed by atoms with Crippen molar-refractivity contribution in [1.82, 2.24) is 0 Å². The number of carbonyl (C=O) groups excluding carboxylic acids is 2. The maximum atomic E-state index is 13.8. The van der Waals surface area contributed by atoms with Crippen molar-refractivity contribution in [2.45, 2.75) is 124 Å². The van der Waals surface area contributed by atoms with Crippen LogP contribution in [0.5, 0.6) is 0 Å². The number of aliphatic hydroxyl groups is 1. The molecule has 12 atom stereocenters. The van der Waals surface area contributed by atoms with Crippen molar-refractivity contribution in [1.29, 1.82) is 0 Å². The monoisotopic (exact) mass is 528 g/mol. The van der Waals surface area contributed by atoms with E-state index in [2.05, 4.69) is 34.6 Å². The first-order valence-corrected chi connectivity index (χ1v) is 15.2. The number of fused-ring (bicyclic) bond motifs is 6. The molecule has 0 spiro atoms. The normalized spacial score (nSPS) is 49.0. The van der Waals surface area contributed by atoms with E-state index in [1.165, 1.54) is 0 Å². The van der Waals surface area contributed by atoms with E-state index in [1.54, 1.807) is 6.08 Å². The Morgan fingerprint density at radius 1 is 0.947 bits per heavy atom. The summed E-state index contributed by atoms with van der Waals surface area (Å²) in [5, 5.41) is 11.5. The Bertz CT molecular complexity index is 1030. The van der Waals surface area contributed by atoms with Gasteiger partial charge in [-0.3, -0.25) is 4.79 Å². The minimum atomic E-state index is -0.707. The summed E-state index contributed by atoms with van der Waals surface area (Å²) >= 11 is 0. The second-order valence-corrected chi connectivity index (χ2v) is 15.0. The Morgan fingerprint density at radius 3 is 2.34 bits per heavy atom. The van der Waals surface area contributed by atoms with Gasteiger partial charge in [-0.15, -0.1) is 0 Å². The number of esters is 1. The van der Waals surface area contributed by atoms with Crippen molar-refractivity contribution < 1.29 is 28.9 Å². The molecule has 1 saturated heterocycles. The number of carbonyl (C=O) groups is 2. The summed E-state index contributed by atoms with van der Waals surface area (Å²) in [7, 11) is 0. The predicted molar refractivity (Wildman–Crippen MR) is 143 cm³/mol. The van der Waals surface area contributed by atoms with Crippen molar-refractivity contribution in [2.75, 3.05) is 0 Å². The summed E-state index contributed by atoms with van der Waals surface area (Å²) in [6.45, 7) is 15.1. The van der Waals surface area contributed by atoms with Crippen LogP contribution in [0.15, 0.2) is 11.6 Å². The molecule has 2 heterocycles. The number of cyclic esters (lactones) is 1. The van der Waals surface area contributed by atoms with E-state index in [9.17, 15) is 14.7 Å². The molecule has 0 aromatic heterocycles. The van der Waals surface area contributed by atoms with Gasteiger partial charge in [0.25, 0.3) is 0 Å². The lowest BCUT2D eigenvalue weighted by Gasteiger charge is -2.61. The average molecular weight is 529 g/mol. The Kier molecular flexibility index (Phi) is 6.30. The largest absolute Gasteiger partial charge is 0.452 e. The predicted octanol–water partition coefficient (Wildman–Crippen LogP) is 5.46. The molecule has 0 unspecified atom stereocenters. The zero-order chi connectivity index (χ0) is 27.4. The van der Waals surface area contributed by atoms with Crippen LogP contribution in [0.1, 0.15) is 93.4 Å². The number of hydrogen-bond acceptors (Lipinski definition) is 6. The van der Waals surface area contributed by atoms with Crippen LogP contribution >= 0.6 is 0 Å². The highest BCUT2D eigenvalue weighted by Gasteiger charge is 2.65. The molecule has 0 aromatic rings. The highest BCUT2D eigenvalue weighted by molar-refractivity contribution is 5.86. The fraction of sp³-hybridized carbons (Fsp3) is 0.875. The van der Waals surface area contributed by atoms with Crippen LogP contribution in [-0.4, -0.2) is 47.1 Å². The van der Waals surface area contributed by atoms with Gasteiger partial charge < -0.3 is 19.3 Å². The number of ether oxygens (including phenoxy) is 3. The summed E-state index contributed by atoms with van der Waals surface area (Å²) in [5.74, 6) is 1.55. The van der Waals surface area contributed by atoms with E-state index < -0.39 is 18.0 Å². The van der Waals surface area contributed by atoms with Gasteiger partial charge in [-0.25, -0.2) is 4.79 Å². The van der Waals surface area contributed by atoms with Gasteiger partial charge in [0.15, 0.2) is 11.9 Å². The van der Waals surface area contributed by atoms with Crippen LogP contribution in [0.4, 0.5) is 0 Å². The first kappa shape index (κ1) is 27.0. The summed E-state index contributed by atoms with van der Waals surface area (Å²) < 4.78 is 18.2. The van der Waals surface area contributed by atoms with Gasteiger partial charge >= 0.3 is 5.97 Å². The number of hydrogen-bond donors (Lipinski definition) is 1. The zero-order valence-corrected chi connectivity index (χ0v) is 24.4. The molecule has 6 heteroatoms. The molecule has 6 nitrogen and oxygen atoms in total. The molecule has 1 N–H and O–H groups in total. The first-order valence-electron chi connectivity index (χ1n) is 15.2. The van der Waals surface area contributed by atoms with Crippen molar-refractivity contribution in [3.05, 3.63) is 11.6 Å². The third-order valence-corrected chi connectivity index (χ3v) is 12.4. The molecule has 212 valence electrons. The second kappa shape index (κ2) is 8.88. The van der Waals surface area contributed by atoms with Gasteiger partial charge in [-0.05, 0) is 104 Å². The number of Topliss-reactive ketones (excluding diaryl/α,β-unsaturated/α-hetero) is 1. The number of ketones is 1. The van der Waals surface area contributed by atoms with E-state index in [-0.39, 0.29) is 46.8 Å². The summed E-state index contributed by atoms with van der Waals surface area (Å²) in [6.07, 6.45) is 7.29. The molecule has 38 heavy (non-hydrogen) atoms. The summed E-state index contributed by atoms with van der Waals surface area (Å²) in [5.41, 5.74) is 0.956. The topological polar surface area (TPSA) is 82.1 Å². The smallest absolute Gasteiger partial charge is 0.331 e. The van der Waals surface area contributed by atoms with Crippen LogP contribution in [0.25, 0.3) is 0 Å². The molecule has 0 radical (unpaired) electrons. The standard InChI is InChI=1S/C32H48O6/c1-16(2)18-13-27(34)36-29(18)28(35)17(3)20-8-9-21-19-12-24(33)23-14-25-26(38-30(4,5)37-25)15-32(23,7)22(19)10-11-31(20,21)6/h13,16-17,19-23,25-26,28-29,35H,8-12,14-15H2,1-7H3/t17-,19-,20+,21-,22-,23+,25-,26+,28+,29-,31+,32+/m0/s1. The van der Waals surface area contributed by atoms with Gasteiger partial charge in [-0.1, -0.05) is 34.6 Å². The van der Waals surface area contributed by atoms with Crippen molar-refractivity contribution >= 4 is 11.8 Å². The lowest BCUT2D eigenvalue weighted by molar-refractivity contribution is -0.165. The quantitative estimate of drug-likeness (QED) is 0.488. The Hall–Kier alpha value is -1.24. The Labute approximate surface area is 228 Å². The van der Waals surface area contributed by atoms with Crippen LogP contribution in [0, 0.1) is 52.3 Å². The van der Waals surface area contributed by atoms with Gasteiger partial charge in [0.1, 0.15) is 5.78 Å². The number of aliphatic hydroxyl groups excluding tert-OH is 1. The van der Waals surface area contributed by atoms with Gasteiger partial charge in [0.2, 0.25) is 0 Å². The average Bonchev–Trinajstić information content (AvgIpc) is 3.47. The second-order valence-electron chi connectivity index (χ2n) is 15.0. The van der Waals surface area contributed by atoms with E-state index in [0.29, 0.717) is 35.9 Å². The minimum Gasteiger partial charge on any atom is -0.452 e. The van der Waals surface area contributed by atoms with Gasteiger partial charge in [0, 0.05) is 18.4 Å². The van der Waals surface area contributed by atoms with Gasteiger partial charge in [-0.2, -0.15) is 0 Å². The summed E-state index contributed by atoms with van der Waals surface area (Å²) in [4.78, 5) is 25.9. The van der Waals surface area contributed by atoms with Crippen LogP contribution in [0.2, 0.25) is 0 Å². The van der Waals surface area contributed by atoms with E-state index >= 15 is 0 Å². The molecule has 5 fully saturated rings. The molecular formula is C32H48O6. The molecule has 6 rings (SSSR count). The molecule has 0 aromatic carbocycles. The fourth-order valence-corrected chi connectivity index (χ4v) is 10.7. The van der Waals surface area contributed by atoms with Gasteiger partial charge in [0.05, 0.1) is 18.3 Å². The highest BCUT2D eigenvalue weighted by atomic mass is 16.8. The van der Waals surface area contributed by atoms with Crippen molar-refractivity contribution in [3.63, 3.8) is 0 Å². The zero-order valence-electron chi connectivity index (χ0n) is 24.4. The molecule has 0 amide bonds. The fourth-order valence-electron chi connectivity index (χ4n) is 10.7. The van der Waals surface area contributed by atoms with Crippen LogP contribution in [-0.2, 0) is 23.8 Å². The Balaban J connectivity index is 1.23. The van der Waals surface area contributed by atoms with Crippen molar-refractivity contribution in [3.8, 4) is 0 Å². The lowest BCUT2D eigenvalue weighted by Crippen LogP contribution is -2.59. The third kappa shape index (κ3) is 3.90. The number of rotatable bonds is 4. The SMILES string of the molecule is CC(C)C1=CC(=O)O[C@@H]1[C@H](O)[C@@H](C)[C@H]1CC[C@H]2[C@@H]3CC(=O)[C@H]4C[C@@H]5OC(C)(C)O[C@@H]5C[C@]4(C)[C@H]3CC[C@]12C. The van der Waals surface area contributed by atoms with Crippen LogP contribution in [0.3, 0.4) is 0 Å². The van der Waals surface area contributed by atoms with Crippen LogP contribution < -0.4 is 0 Å². The Morgan fingerprint density at radius 2 is 1.63 bits per heavy atom. The molecule has 2 aliphatic heterocycles. The molecule has 0 bridgehead atoms. The third-order valence-electron chi connectivity index (χ3n) is 12.4. The lowest BCUT2D eigenvalue weighted by atomic mass is 9.44. The van der Waals surface area contributed by atoms with Crippen molar-refractivity contribution in [2.24, 2.45) is 52.3 Å². The van der Waals surface area contributed by atoms with E-state index in [1.807, 2.05) is 13.8 Å². The first-order chi connectivity index (χ1) is 17.7.